The normalized spacial score (nSPS) is 13.2. The standard InChI is InChI=1S/C13H26N2O4/c1-6-15(8-13(4,5)19)12(18)14-10(11(16)17)7-9(2)3/h9-10,19H,6-8H2,1-5H3,(H,14,18)(H,16,17). The van der Waals surface area contributed by atoms with Crippen LogP contribution in [0.25, 0.3) is 0 Å². The average Bonchev–Trinajstić information content (AvgIpc) is 2.22. The van der Waals surface area contributed by atoms with E-state index in [4.69, 9.17) is 5.11 Å². The minimum Gasteiger partial charge on any atom is -0.480 e. The maximum Gasteiger partial charge on any atom is 0.326 e. The zero-order chi connectivity index (χ0) is 15.2. The summed E-state index contributed by atoms with van der Waals surface area (Å²) < 4.78 is 0. The number of hydrogen-bond donors (Lipinski definition) is 3. The molecule has 2 amide bonds. The zero-order valence-corrected chi connectivity index (χ0v) is 12.4. The lowest BCUT2D eigenvalue weighted by Gasteiger charge is -2.29. The molecular formula is C13H26N2O4. The number of urea groups is 1. The molecule has 0 aliphatic heterocycles. The van der Waals surface area contributed by atoms with E-state index < -0.39 is 23.6 Å². The first-order valence-electron chi connectivity index (χ1n) is 6.57. The molecule has 0 aliphatic rings. The molecule has 0 spiro atoms. The molecular weight excluding hydrogens is 248 g/mol. The van der Waals surface area contributed by atoms with E-state index in [-0.39, 0.29) is 12.5 Å². The Balaban J connectivity index is 4.64. The van der Waals surface area contributed by atoms with E-state index in [9.17, 15) is 14.7 Å². The number of nitrogens with one attached hydrogen (secondary N) is 1. The number of hydrogen-bond acceptors (Lipinski definition) is 3. The highest BCUT2D eigenvalue weighted by molar-refractivity contribution is 5.82. The van der Waals surface area contributed by atoms with Crippen LogP contribution in [-0.2, 0) is 4.79 Å². The van der Waals surface area contributed by atoms with Crippen molar-refractivity contribution < 1.29 is 19.8 Å². The molecule has 1 atom stereocenters. The van der Waals surface area contributed by atoms with Gasteiger partial charge in [-0.25, -0.2) is 9.59 Å². The van der Waals surface area contributed by atoms with Gasteiger partial charge in [-0.3, -0.25) is 0 Å². The SMILES string of the molecule is CCN(CC(C)(C)O)C(=O)NC(CC(C)C)C(=O)O. The Bertz CT molecular complexity index is 310. The molecule has 6 nitrogen and oxygen atoms in total. The van der Waals surface area contributed by atoms with Crippen molar-refractivity contribution in [2.45, 2.75) is 52.7 Å². The first-order chi connectivity index (χ1) is 8.56. The van der Waals surface area contributed by atoms with Crippen LogP contribution in [-0.4, -0.2) is 51.8 Å². The van der Waals surface area contributed by atoms with Gasteiger partial charge in [0.15, 0.2) is 0 Å². The lowest BCUT2D eigenvalue weighted by Crippen LogP contribution is -2.51. The van der Waals surface area contributed by atoms with Crippen molar-refractivity contribution in [2.75, 3.05) is 13.1 Å². The van der Waals surface area contributed by atoms with E-state index >= 15 is 0 Å². The summed E-state index contributed by atoms with van der Waals surface area (Å²) in [7, 11) is 0. The molecule has 1 unspecified atom stereocenters. The highest BCUT2D eigenvalue weighted by atomic mass is 16.4. The molecule has 0 saturated carbocycles. The van der Waals surface area contributed by atoms with E-state index in [2.05, 4.69) is 5.32 Å². The van der Waals surface area contributed by atoms with Gasteiger partial charge in [0, 0.05) is 6.54 Å². The van der Waals surface area contributed by atoms with Crippen LogP contribution in [0.2, 0.25) is 0 Å². The largest absolute Gasteiger partial charge is 0.480 e. The molecule has 0 saturated heterocycles. The highest BCUT2D eigenvalue weighted by Crippen LogP contribution is 2.08. The summed E-state index contributed by atoms with van der Waals surface area (Å²) in [6, 6.07) is -1.36. The minimum atomic E-state index is -1.04. The van der Waals surface area contributed by atoms with E-state index in [1.807, 2.05) is 13.8 Å². The second kappa shape index (κ2) is 7.33. The summed E-state index contributed by atoms with van der Waals surface area (Å²) in [6.07, 6.45) is 0.376. The van der Waals surface area contributed by atoms with Crippen molar-refractivity contribution in [1.29, 1.82) is 0 Å². The molecule has 0 aliphatic carbocycles. The van der Waals surface area contributed by atoms with Gasteiger partial charge in [0.05, 0.1) is 12.1 Å². The summed E-state index contributed by atoms with van der Waals surface area (Å²) in [5, 5.41) is 21.3. The van der Waals surface area contributed by atoms with E-state index in [0.29, 0.717) is 13.0 Å². The number of carbonyl (C=O) groups excluding carboxylic acids is 1. The van der Waals surface area contributed by atoms with Gasteiger partial charge in [0.1, 0.15) is 6.04 Å². The second-order valence-corrected chi connectivity index (χ2v) is 5.80. The van der Waals surface area contributed by atoms with Crippen LogP contribution in [0.3, 0.4) is 0 Å². The van der Waals surface area contributed by atoms with Crippen molar-refractivity contribution in [3.8, 4) is 0 Å². The number of aliphatic hydroxyl groups is 1. The highest BCUT2D eigenvalue weighted by Gasteiger charge is 2.26. The van der Waals surface area contributed by atoms with Gasteiger partial charge >= 0.3 is 12.0 Å². The topological polar surface area (TPSA) is 89.9 Å². The number of likely N-dealkylation sites (N-methyl/N-ethyl adjacent to an activating group) is 1. The molecule has 0 aromatic rings. The number of nitrogens with zero attached hydrogens (tertiary/aromatic N) is 1. The van der Waals surface area contributed by atoms with E-state index in [0.717, 1.165) is 0 Å². The Kier molecular flexibility index (Phi) is 6.83. The van der Waals surface area contributed by atoms with Crippen LogP contribution < -0.4 is 5.32 Å². The van der Waals surface area contributed by atoms with Crippen LogP contribution in [0.4, 0.5) is 4.79 Å². The fraction of sp³-hybridized carbons (Fsp3) is 0.846. The third-order valence-electron chi connectivity index (χ3n) is 2.55. The molecule has 0 radical (unpaired) electrons. The molecule has 0 aromatic carbocycles. The van der Waals surface area contributed by atoms with Crippen molar-refractivity contribution >= 4 is 12.0 Å². The molecule has 0 bridgehead atoms. The smallest absolute Gasteiger partial charge is 0.326 e. The lowest BCUT2D eigenvalue weighted by atomic mass is 10.0. The lowest BCUT2D eigenvalue weighted by molar-refractivity contribution is -0.139. The number of carbonyl (C=O) groups is 2. The zero-order valence-electron chi connectivity index (χ0n) is 12.4. The van der Waals surface area contributed by atoms with Crippen molar-refractivity contribution in [3.05, 3.63) is 0 Å². The first kappa shape index (κ1) is 17.7. The average molecular weight is 274 g/mol. The molecule has 6 heteroatoms. The van der Waals surface area contributed by atoms with Crippen molar-refractivity contribution in [2.24, 2.45) is 5.92 Å². The number of rotatable bonds is 7. The van der Waals surface area contributed by atoms with Gasteiger partial charge in [-0.05, 0) is 33.1 Å². The molecule has 0 aromatic heterocycles. The van der Waals surface area contributed by atoms with E-state index in [1.54, 1.807) is 20.8 Å². The Morgan fingerprint density at radius 1 is 1.32 bits per heavy atom. The third kappa shape index (κ3) is 7.66. The molecule has 112 valence electrons. The van der Waals surface area contributed by atoms with Crippen molar-refractivity contribution in [1.82, 2.24) is 10.2 Å². The fourth-order valence-electron chi connectivity index (χ4n) is 1.73. The number of amides is 2. The van der Waals surface area contributed by atoms with Crippen LogP contribution >= 0.6 is 0 Å². The molecule has 3 N–H and O–H groups in total. The van der Waals surface area contributed by atoms with E-state index in [1.165, 1.54) is 4.90 Å². The fourth-order valence-corrected chi connectivity index (χ4v) is 1.73. The monoisotopic (exact) mass is 274 g/mol. The maximum absolute atomic E-state index is 12.0. The molecule has 19 heavy (non-hydrogen) atoms. The summed E-state index contributed by atoms with van der Waals surface area (Å²) >= 11 is 0. The predicted molar refractivity (Wildman–Crippen MR) is 73.0 cm³/mol. The van der Waals surface area contributed by atoms with Gasteiger partial charge < -0.3 is 20.4 Å². The van der Waals surface area contributed by atoms with Crippen LogP contribution in [0.5, 0.6) is 0 Å². The maximum atomic E-state index is 12.0. The molecule has 0 rings (SSSR count). The Labute approximate surface area is 114 Å². The minimum absolute atomic E-state index is 0.156. The summed E-state index contributed by atoms with van der Waals surface area (Å²) in [5.74, 6) is -0.868. The van der Waals surface area contributed by atoms with Gasteiger partial charge in [-0.1, -0.05) is 13.8 Å². The van der Waals surface area contributed by atoms with Gasteiger partial charge in [0.25, 0.3) is 0 Å². The predicted octanol–water partition coefficient (Wildman–Crippen LogP) is 1.29. The summed E-state index contributed by atoms with van der Waals surface area (Å²) in [5.41, 5.74) is -1.01. The number of aliphatic carboxylic acids is 1. The first-order valence-corrected chi connectivity index (χ1v) is 6.57. The summed E-state index contributed by atoms with van der Waals surface area (Å²) in [6.45, 7) is 9.35. The Hall–Kier alpha value is -1.30. The third-order valence-corrected chi connectivity index (χ3v) is 2.55. The Morgan fingerprint density at radius 3 is 2.16 bits per heavy atom. The van der Waals surface area contributed by atoms with Crippen molar-refractivity contribution in [3.63, 3.8) is 0 Å². The van der Waals surface area contributed by atoms with Gasteiger partial charge in [0.2, 0.25) is 0 Å². The molecule has 0 fully saturated rings. The number of carboxylic acid groups (broad SMARTS) is 1. The van der Waals surface area contributed by atoms with Gasteiger partial charge in [-0.15, -0.1) is 0 Å². The number of carboxylic acids is 1. The second-order valence-electron chi connectivity index (χ2n) is 5.80. The quantitative estimate of drug-likeness (QED) is 0.652. The van der Waals surface area contributed by atoms with Gasteiger partial charge in [-0.2, -0.15) is 0 Å². The Morgan fingerprint density at radius 2 is 1.84 bits per heavy atom. The summed E-state index contributed by atoms with van der Waals surface area (Å²) in [4.78, 5) is 24.5. The van der Waals surface area contributed by atoms with Crippen LogP contribution in [0.1, 0.15) is 41.0 Å². The van der Waals surface area contributed by atoms with Crippen LogP contribution in [0.15, 0.2) is 0 Å². The molecule has 0 heterocycles. The van der Waals surface area contributed by atoms with Crippen LogP contribution in [0, 0.1) is 5.92 Å².